The van der Waals surface area contributed by atoms with E-state index in [4.69, 9.17) is 19.3 Å². The predicted molar refractivity (Wildman–Crippen MR) is 145 cm³/mol. The maximum atomic E-state index is 11.4. The van der Waals surface area contributed by atoms with Gasteiger partial charge in [-0.05, 0) is 83.8 Å². The number of benzene rings is 3. The van der Waals surface area contributed by atoms with Crippen LogP contribution in [0.25, 0.3) is 11.1 Å². The summed E-state index contributed by atoms with van der Waals surface area (Å²) in [7, 11) is -2.99. The van der Waals surface area contributed by atoms with Gasteiger partial charge in [-0.3, -0.25) is 4.79 Å². The summed E-state index contributed by atoms with van der Waals surface area (Å²) in [6.45, 7) is 3.24. The number of fused-ring (bicyclic) bond motifs is 4. The van der Waals surface area contributed by atoms with Gasteiger partial charge in [0.2, 0.25) is 0 Å². The van der Waals surface area contributed by atoms with Crippen LogP contribution in [0, 0.1) is 6.92 Å². The van der Waals surface area contributed by atoms with E-state index in [1.807, 2.05) is 24.3 Å². The van der Waals surface area contributed by atoms with Crippen LogP contribution in [0.4, 0.5) is 0 Å². The Balaban J connectivity index is 1.28. The monoisotopic (exact) mass is 536 g/mol. The molecule has 0 saturated carbocycles. The first-order valence-electron chi connectivity index (χ1n) is 12.8. The predicted octanol–water partition coefficient (Wildman–Crippen LogP) is 5.10. The standard InChI is InChI=1S/C30H32O7S/c1-19-12-25(35-10-3-11-38(2,33)34)14-22-7-6-21-5-4-20(13-27(21)30(19)22)17-36-24-8-9-26-23(15-29(31)32)18-37-28(26)16-24/h4-5,8-9,12-14,16,23H,3,6-7,10-11,15,17-18H2,1-2H3,(H,31,32)/t23-/m1/s1. The lowest BCUT2D eigenvalue weighted by molar-refractivity contribution is -0.137. The van der Waals surface area contributed by atoms with Crippen molar-refractivity contribution in [3.05, 3.63) is 76.3 Å². The molecule has 0 saturated heterocycles. The zero-order chi connectivity index (χ0) is 26.9. The summed E-state index contributed by atoms with van der Waals surface area (Å²) in [5.41, 5.74) is 8.09. The molecule has 1 N–H and O–H groups in total. The quantitative estimate of drug-likeness (QED) is 0.360. The fourth-order valence-electron chi connectivity index (χ4n) is 5.33. The molecular formula is C30H32O7S. The SMILES string of the molecule is Cc1cc(OCCCS(C)(=O)=O)cc2c1-c1cc(COc3ccc4c(c3)OC[C@H]4CC(=O)O)ccc1CC2. The van der Waals surface area contributed by atoms with Crippen LogP contribution >= 0.6 is 0 Å². The first-order chi connectivity index (χ1) is 18.2. The zero-order valence-corrected chi connectivity index (χ0v) is 22.5. The molecule has 0 amide bonds. The first kappa shape index (κ1) is 26.1. The lowest BCUT2D eigenvalue weighted by Gasteiger charge is -2.24. The molecule has 0 aromatic heterocycles. The Hall–Kier alpha value is -3.52. The molecule has 0 unspecified atom stereocenters. The average Bonchev–Trinajstić information content (AvgIpc) is 3.25. The molecule has 1 heterocycles. The van der Waals surface area contributed by atoms with Crippen molar-refractivity contribution in [3.63, 3.8) is 0 Å². The topological polar surface area (TPSA) is 99.1 Å². The van der Waals surface area contributed by atoms with E-state index >= 15 is 0 Å². The molecule has 0 fully saturated rings. The maximum Gasteiger partial charge on any atom is 0.304 e. The minimum Gasteiger partial charge on any atom is -0.494 e. The third kappa shape index (κ3) is 5.96. The van der Waals surface area contributed by atoms with Crippen LogP contribution in [-0.2, 0) is 34.1 Å². The van der Waals surface area contributed by atoms with Crippen LogP contribution in [0.1, 0.15) is 46.6 Å². The summed E-state index contributed by atoms with van der Waals surface area (Å²) in [4.78, 5) is 11.1. The number of rotatable bonds is 10. The van der Waals surface area contributed by atoms with Crippen LogP contribution in [0.5, 0.6) is 17.2 Å². The zero-order valence-electron chi connectivity index (χ0n) is 21.7. The van der Waals surface area contributed by atoms with Gasteiger partial charge in [-0.25, -0.2) is 8.42 Å². The van der Waals surface area contributed by atoms with Gasteiger partial charge in [0.05, 0.1) is 25.4 Å². The van der Waals surface area contributed by atoms with Gasteiger partial charge in [-0.2, -0.15) is 0 Å². The molecular weight excluding hydrogens is 504 g/mol. The summed E-state index contributed by atoms with van der Waals surface area (Å²) in [6, 6.07) is 16.2. The van der Waals surface area contributed by atoms with Crippen LogP contribution in [-0.4, -0.2) is 44.7 Å². The second kappa shape index (κ2) is 10.7. The van der Waals surface area contributed by atoms with Crippen LogP contribution in [0.3, 0.4) is 0 Å². The molecule has 7 nitrogen and oxygen atoms in total. The number of sulfone groups is 1. The van der Waals surface area contributed by atoms with E-state index in [0.29, 0.717) is 37.7 Å². The van der Waals surface area contributed by atoms with Gasteiger partial charge in [-0.1, -0.05) is 18.2 Å². The van der Waals surface area contributed by atoms with Crippen LogP contribution in [0.15, 0.2) is 48.5 Å². The van der Waals surface area contributed by atoms with Crippen molar-refractivity contribution >= 4 is 15.8 Å². The van der Waals surface area contributed by atoms with E-state index in [9.17, 15) is 13.2 Å². The van der Waals surface area contributed by atoms with E-state index in [1.165, 1.54) is 28.5 Å². The largest absolute Gasteiger partial charge is 0.494 e. The third-order valence-corrected chi connectivity index (χ3v) is 8.15. The number of hydrogen-bond acceptors (Lipinski definition) is 6. The van der Waals surface area contributed by atoms with Gasteiger partial charge in [0, 0.05) is 23.8 Å². The Morgan fingerprint density at radius 3 is 2.63 bits per heavy atom. The van der Waals surface area contributed by atoms with Gasteiger partial charge in [0.15, 0.2) is 0 Å². The number of carboxylic acid groups (broad SMARTS) is 1. The van der Waals surface area contributed by atoms with Crippen LogP contribution in [0.2, 0.25) is 0 Å². The van der Waals surface area contributed by atoms with Crippen molar-refractivity contribution in [2.45, 2.75) is 45.1 Å². The van der Waals surface area contributed by atoms with E-state index < -0.39 is 15.8 Å². The van der Waals surface area contributed by atoms with Gasteiger partial charge >= 0.3 is 5.97 Å². The summed E-state index contributed by atoms with van der Waals surface area (Å²) in [5, 5.41) is 9.10. The number of ether oxygens (including phenoxy) is 3. The number of hydrogen-bond donors (Lipinski definition) is 1. The molecule has 0 bridgehead atoms. The second-order valence-corrected chi connectivity index (χ2v) is 12.5. The third-order valence-electron chi connectivity index (χ3n) is 7.12. The number of carboxylic acids is 1. The lowest BCUT2D eigenvalue weighted by atomic mass is 9.82. The minimum absolute atomic E-state index is 0.0556. The Morgan fingerprint density at radius 1 is 1.03 bits per heavy atom. The van der Waals surface area contributed by atoms with Crippen molar-refractivity contribution in [2.24, 2.45) is 0 Å². The van der Waals surface area contributed by atoms with Gasteiger partial charge in [0.1, 0.15) is 33.7 Å². The Kier molecular flexibility index (Phi) is 7.34. The smallest absolute Gasteiger partial charge is 0.304 e. The van der Waals surface area contributed by atoms with Crippen molar-refractivity contribution in [1.82, 2.24) is 0 Å². The highest BCUT2D eigenvalue weighted by atomic mass is 32.2. The molecule has 1 aliphatic carbocycles. The van der Waals surface area contributed by atoms with E-state index in [2.05, 4.69) is 31.2 Å². The number of aliphatic carboxylic acids is 1. The van der Waals surface area contributed by atoms with Crippen molar-refractivity contribution in [2.75, 3.05) is 25.2 Å². The first-order valence-corrected chi connectivity index (χ1v) is 14.9. The summed E-state index contributed by atoms with van der Waals surface area (Å²) < 4.78 is 40.4. The molecule has 3 aromatic rings. The minimum atomic E-state index is -2.99. The number of aryl methyl sites for hydroxylation is 3. The summed E-state index contributed by atoms with van der Waals surface area (Å²) in [6.07, 6.45) is 3.64. The highest BCUT2D eigenvalue weighted by Gasteiger charge is 2.27. The molecule has 5 rings (SSSR count). The van der Waals surface area contributed by atoms with Gasteiger partial charge in [0.25, 0.3) is 0 Å². The highest BCUT2D eigenvalue weighted by Crippen LogP contribution is 2.40. The fraction of sp³-hybridized carbons (Fsp3) is 0.367. The molecule has 0 radical (unpaired) electrons. The molecule has 8 heteroatoms. The molecule has 0 spiro atoms. The second-order valence-electron chi connectivity index (χ2n) is 10.2. The molecule has 1 atom stereocenters. The van der Waals surface area contributed by atoms with E-state index in [1.54, 1.807) is 0 Å². The van der Waals surface area contributed by atoms with Crippen molar-refractivity contribution in [3.8, 4) is 28.4 Å². The Labute approximate surface area is 223 Å². The number of carbonyl (C=O) groups is 1. The summed E-state index contributed by atoms with van der Waals surface area (Å²) >= 11 is 0. The summed E-state index contributed by atoms with van der Waals surface area (Å²) in [5.74, 6) is 1.33. The molecule has 1 aliphatic heterocycles. The maximum absolute atomic E-state index is 11.4. The Morgan fingerprint density at radius 2 is 1.84 bits per heavy atom. The molecule has 200 valence electrons. The Bertz CT molecular complexity index is 1480. The lowest BCUT2D eigenvalue weighted by Crippen LogP contribution is -2.10. The van der Waals surface area contributed by atoms with E-state index in [0.717, 1.165) is 35.3 Å². The van der Waals surface area contributed by atoms with Gasteiger partial charge in [-0.15, -0.1) is 0 Å². The molecule has 3 aromatic carbocycles. The van der Waals surface area contributed by atoms with Crippen molar-refractivity contribution in [1.29, 1.82) is 0 Å². The fourth-order valence-corrected chi connectivity index (χ4v) is 5.97. The van der Waals surface area contributed by atoms with E-state index in [-0.39, 0.29) is 18.1 Å². The van der Waals surface area contributed by atoms with Gasteiger partial charge < -0.3 is 19.3 Å². The normalized spacial score (nSPS) is 15.7. The van der Waals surface area contributed by atoms with Crippen LogP contribution < -0.4 is 14.2 Å². The highest BCUT2D eigenvalue weighted by molar-refractivity contribution is 7.90. The average molecular weight is 537 g/mol. The van der Waals surface area contributed by atoms with Crippen molar-refractivity contribution < 1.29 is 32.5 Å². The molecule has 38 heavy (non-hydrogen) atoms. The molecule has 2 aliphatic rings.